The second kappa shape index (κ2) is 7.75. The van der Waals surface area contributed by atoms with Gasteiger partial charge < -0.3 is 4.90 Å². The smallest absolute Gasteiger partial charge is 0.270 e. The van der Waals surface area contributed by atoms with Gasteiger partial charge in [-0.3, -0.25) is 14.9 Å². The minimum atomic E-state index is -0.500. The van der Waals surface area contributed by atoms with Gasteiger partial charge in [0.2, 0.25) is 0 Å². The number of carbonyl (C=O) groups excluding carboxylic acids is 1. The maximum absolute atomic E-state index is 12.2. The number of non-ortho nitro benzene ring substituents is 1. The highest BCUT2D eigenvalue weighted by atomic mass is 16.6. The molecule has 25 heavy (non-hydrogen) atoms. The molecule has 3 rings (SSSR count). The molecule has 0 aromatic heterocycles. The number of anilines is 1. The zero-order chi connectivity index (χ0) is 17.6. The van der Waals surface area contributed by atoms with E-state index in [1.54, 1.807) is 12.1 Å². The number of rotatable bonds is 5. The van der Waals surface area contributed by atoms with Gasteiger partial charge in [0.1, 0.15) is 0 Å². The number of carbonyl (C=O) groups is 1. The second-order valence-corrected chi connectivity index (χ2v) is 6.14. The van der Waals surface area contributed by atoms with Gasteiger partial charge >= 0.3 is 0 Å². The molecule has 0 spiro atoms. The van der Waals surface area contributed by atoms with E-state index in [1.165, 1.54) is 49.2 Å². The molecule has 1 fully saturated rings. The first-order valence-electron chi connectivity index (χ1n) is 8.45. The quantitative estimate of drug-likeness (QED) is 0.349. The highest BCUT2D eigenvalue weighted by molar-refractivity contribution is 6.07. The molecule has 5 heteroatoms. The van der Waals surface area contributed by atoms with Crippen LogP contribution in [0.4, 0.5) is 11.4 Å². The zero-order valence-electron chi connectivity index (χ0n) is 13.9. The first-order chi connectivity index (χ1) is 12.1. The molecule has 1 heterocycles. The number of ketones is 1. The van der Waals surface area contributed by atoms with Gasteiger partial charge in [-0.2, -0.15) is 0 Å². The second-order valence-electron chi connectivity index (χ2n) is 6.14. The Labute approximate surface area is 146 Å². The molecule has 5 nitrogen and oxygen atoms in total. The van der Waals surface area contributed by atoms with Crippen molar-refractivity contribution in [3.63, 3.8) is 0 Å². The Morgan fingerprint density at radius 2 is 1.76 bits per heavy atom. The number of hydrogen-bond donors (Lipinski definition) is 0. The van der Waals surface area contributed by atoms with Crippen molar-refractivity contribution in [1.29, 1.82) is 0 Å². The molecule has 1 saturated heterocycles. The highest BCUT2D eigenvalue weighted by Crippen LogP contribution is 2.21. The van der Waals surface area contributed by atoms with Gasteiger partial charge in [0.05, 0.1) is 4.92 Å². The number of nitrogens with zero attached hydrogens (tertiary/aromatic N) is 2. The van der Waals surface area contributed by atoms with E-state index in [1.807, 2.05) is 12.1 Å². The summed E-state index contributed by atoms with van der Waals surface area (Å²) in [6, 6.07) is 13.9. The number of nitro benzene ring substituents is 1. The predicted octanol–water partition coefficient (Wildman–Crippen LogP) is 4.48. The third-order valence-corrected chi connectivity index (χ3v) is 4.38. The van der Waals surface area contributed by atoms with Crippen LogP contribution >= 0.6 is 0 Å². The van der Waals surface area contributed by atoms with Crippen LogP contribution in [0.5, 0.6) is 0 Å². The lowest BCUT2D eigenvalue weighted by Crippen LogP contribution is -2.29. The predicted molar refractivity (Wildman–Crippen MR) is 99.0 cm³/mol. The molecule has 128 valence electrons. The summed E-state index contributed by atoms with van der Waals surface area (Å²) in [6.45, 7) is 2.20. The Morgan fingerprint density at radius 1 is 1.04 bits per heavy atom. The monoisotopic (exact) mass is 336 g/mol. The summed E-state index contributed by atoms with van der Waals surface area (Å²) < 4.78 is 0. The Balaban J connectivity index is 1.68. The molecule has 0 saturated carbocycles. The van der Waals surface area contributed by atoms with Crippen molar-refractivity contribution in [2.24, 2.45) is 0 Å². The standard InChI is InChI=1S/C20H20N2O3/c23-20(17-5-4-6-19(15-17)22(24)25)12-9-16-7-10-18(11-8-16)21-13-2-1-3-14-21/h4-12,15H,1-3,13-14H2. The molecule has 0 N–H and O–H groups in total. The van der Waals surface area contributed by atoms with Crippen molar-refractivity contribution < 1.29 is 9.72 Å². The van der Waals surface area contributed by atoms with Crippen LogP contribution in [0.3, 0.4) is 0 Å². The van der Waals surface area contributed by atoms with Crippen LogP contribution in [-0.4, -0.2) is 23.8 Å². The molecular formula is C20H20N2O3. The van der Waals surface area contributed by atoms with Crippen LogP contribution in [0.2, 0.25) is 0 Å². The topological polar surface area (TPSA) is 63.5 Å². The number of piperidine rings is 1. The lowest BCUT2D eigenvalue weighted by atomic mass is 10.1. The van der Waals surface area contributed by atoms with Crippen LogP contribution in [-0.2, 0) is 0 Å². The van der Waals surface area contributed by atoms with Crippen molar-refractivity contribution in [3.05, 3.63) is 75.8 Å². The third kappa shape index (κ3) is 4.32. The summed E-state index contributed by atoms with van der Waals surface area (Å²) in [6.07, 6.45) is 6.96. The van der Waals surface area contributed by atoms with Crippen molar-refractivity contribution in [1.82, 2.24) is 0 Å². The van der Waals surface area contributed by atoms with E-state index in [0.29, 0.717) is 5.56 Å². The first-order valence-corrected chi connectivity index (χ1v) is 8.45. The molecule has 0 bridgehead atoms. The highest BCUT2D eigenvalue weighted by Gasteiger charge is 2.11. The van der Waals surface area contributed by atoms with Gasteiger partial charge in [-0.05, 0) is 43.0 Å². The van der Waals surface area contributed by atoms with E-state index in [4.69, 9.17) is 0 Å². The molecule has 1 aliphatic rings. The lowest BCUT2D eigenvalue weighted by Gasteiger charge is -2.28. The summed E-state index contributed by atoms with van der Waals surface area (Å²) >= 11 is 0. The lowest BCUT2D eigenvalue weighted by molar-refractivity contribution is -0.384. The SMILES string of the molecule is O=C(C=Cc1ccc(N2CCCCC2)cc1)c1cccc([N+](=O)[O-])c1. The third-order valence-electron chi connectivity index (χ3n) is 4.38. The van der Waals surface area contributed by atoms with Crippen LogP contribution < -0.4 is 4.90 Å². The van der Waals surface area contributed by atoms with E-state index in [2.05, 4.69) is 17.0 Å². The fourth-order valence-electron chi connectivity index (χ4n) is 2.99. The summed E-state index contributed by atoms with van der Waals surface area (Å²) in [7, 11) is 0. The van der Waals surface area contributed by atoms with E-state index in [0.717, 1.165) is 18.7 Å². The summed E-state index contributed by atoms with van der Waals surface area (Å²) in [5, 5.41) is 10.8. The molecular weight excluding hydrogens is 316 g/mol. The minimum Gasteiger partial charge on any atom is -0.372 e. The molecule has 0 amide bonds. The van der Waals surface area contributed by atoms with Gasteiger partial charge in [0.15, 0.2) is 5.78 Å². The molecule has 0 atom stereocenters. The fraction of sp³-hybridized carbons (Fsp3) is 0.250. The van der Waals surface area contributed by atoms with E-state index < -0.39 is 4.92 Å². The van der Waals surface area contributed by atoms with Crippen LogP contribution in [0.1, 0.15) is 35.2 Å². The summed E-state index contributed by atoms with van der Waals surface area (Å²) in [5.74, 6) is -0.246. The zero-order valence-corrected chi connectivity index (χ0v) is 13.9. The van der Waals surface area contributed by atoms with E-state index in [-0.39, 0.29) is 11.5 Å². The van der Waals surface area contributed by atoms with Crippen molar-refractivity contribution in [2.75, 3.05) is 18.0 Å². The maximum atomic E-state index is 12.2. The first kappa shape index (κ1) is 16.9. The van der Waals surface area contributed by atoms with E-state index in [9.17, 15) is 14.9 Å². The molecule has 2 aromatic rings. The largest absolute Gasteiger partial charge is 0.372 e. The Kier molecular flexibility index (Phi) is 5.23. The minimum absolute atomic E-state index is 0.0786. The molecule has 0 unspecified atom stereocenters. The summed E-state index contributed by atoms with van der Waals surface area (Å²) in [4.78, 5) is 24.9. The maximum Gasteiger partial charge on any atom is 0.270 e. The number of allylic oxidation sites excluding steroid dienone is 1. The Bertz CT molecular complexity index is 791. The van der Waals surface area contributed by atoms with Gasteiger partial charge in [0.25, 0.3) is 5.69 Å². The number of nitro groups is 1. The van der Waals surface area contributed by atoms with Crippen LogP contribution in [0, 0.1) is 10.1 Å². The Hall–Kier alpha value is -2.95. The molecule has 0 aliphatic carbocycles. The van der Waals surface area contributed by atoms with E-state index >= 15 is 0 Å². The molecule has 0 radical (unpaired) electrons. The average Bonchev–Trinajstić information content (AvgIpc) is 2.67. The number of hydrogen-bond acceptors (Lipinski definition) is 4. The normalized spacial score (nSPS) is 14.6. The van der Waals surface area contributed by atoms with Crippen LogP contribution in [0.25, 0.3) is 6.08 Å². The molecule has 2 aromatic carbocycles. The Morgan fingerprint density at radius 3 is 2.44 bits per heavy atom. The van der Waals surface area contributed by atoms with Crippen molar-refractivity contribution in [3.8, 4) is 0 Å². The average molecular weight is 336 g/mol. The molecule has 1 aliphatic heterocycles. The van der Waals surface area contributed by atoms with Gasteiger partial charge in [0, 0.05) is 36.5 Å². The van der Waals surface area contributed by atoms with Gasteiger partial charge in [-0.15, -0.1) is 0 Å². The number of benzene rings is 2. The van der Waals surface area contributed by atoms with Crippen molar-refractivity contribution in [2.45, 2.75) is 19.3 Å². The fourth-order valence-corrected chi connectivity index (χ4v) is 2.99. The van der Waals surface area contributed by atoms with Gasteiger partial charge in [-0.1, -0.05) is 30.3 Å². The van der Waals surface area contributed by atoms with Gasteiger partial charge in [-0.25, -0.2) is 0 Å². The summed E-state index contributed by atoms with van der Waals surface area (Å²) in [5.41, 5.74) is 2.38. The van der Waals surface area contributed by atoms with Crippen molar-refractivity contribution >= 4 is 23.2 Å². The van der Waals surface area contributed by atoms with Crippen LogP contribution in [0.15, 0.2) is 54.6 Å².